The van der Waals surface area contributed by atoms with Gasteiger partial charge in [-0.25, -0.2) is 0 Å². The number of carbonyl (C=O) groups is 2. The average molecular weight is 244 g/mol. The van der Waals surface area contributed by atoms with Gasteiger partial charge in [0.25, 0.3) is 0 Å². The molecule has 1 fully saturated rings. The summed E-state index contributed by atoms with van der Waals surface area (Å²) >= 11 is 0. The van der Waals surface area contributed by atoms with Gasteiger partial charge in [-0.2, -0.15) is 0 Å². The molecule has 18 heavy (non-hydrogen) atoms. The average Bonchev–Trinajstić information content (AvgIpc) is 2.39. The fraction of sp³-hybridized carbons (Fsp3) is 0.400. The Balaban J connectivity index is 2.05. The number of piperidine rings is 1. The molecule has 3 nitrogen and oxygen atoms in total. The summed E-state index contributed by atoms with van der Waals surface area (Å²) in [6.07, 6.45) is 2.57. The van der Waals surface area contributed by atoms with Crippen LogP contribution in [0, 0.1) is 6.54 Å². The lowest BCUT2D eigenvalue weighted by molar-refractivity contribution is -0.146. The summed E-state index contributed by atoms with van der Waals surface area (Å²) in [5.74, 6) is -0.111. The van der Waals surface area contributed by atoms with Crippen LogP contribution in [-0.4, -0.2) is 16.7 Å². The summed E-state index contributed by atoms with van der Waals surface area (Å²) in [6, 6.07) is 9.80. The number of unbranched alkanes of at least 4 members (excludes halogenated alkanes) is 1. The summed E-state index contributed by atoms with van der Waals surface area (Å²) in [4.78, 5) is 25.2. The van der Waals surface area contributed by atoms with Crippen LogP contribution in [0.25, 0.3) is 0 Å². The third-order valence-electron chi connectivity index (χ3n) is 3.25. The third-order valence-corrected chi connectivity index (χ3v) is 3.25. The minimum Gasteiger partial charge on any atom is -0.277 e. The van der Waals surface area contributed by atoms with Crippen LogP contribution >= 0.6 is 0 Å². The lowest BCUT2D eigenvalue weighted by Gasteiger charge is -2.29. The standard InChI is InChI=1S/C15H18NO2/c1-2-3-9-16-14(17)10-13(11-15(16)18)12-7-5-4-6-8-12/h4-9,13H,2-3,10-11H2,1H3. The number of amides is 2. The molecule has 0 aromatic heterocycles. The van der Waals surface area contributed by atoms with Crippen molar-refractivity contribution in [3.63, 3.8) is 0 Å². The maximum absolute atomic E-state index is 12.0. The van der Waals surface area contributed by atoms with E-state index in [0.29, 0.717) is 12.8 Å². The van der Waals surface area contributed by atoms with Gasteiger partial charge in [0.2, 0.25) is 11.8 Å². The molecule has 1 aliphatic heterocycles. The van der Waals surface area contributed by atoms with Crippen LogP contribution in [0.4, 0.5) is 0 Å². The molecule has 0 unspecified atom stereocenters. The van der Waals surface area contributed by atoms with Crippen molar-refractivity contribution in [3.05, 3.63) is 42.4 Å². The highest BCUT2D eigenvalue weighted by Gasteiger charge is 2.32. The molecule has 0 N–H and O–H groups in total. The Labute approximate surface area is 108 Å². The number of hydrogen-bond donors (Lipinski definition) is 0. The highest BCUT2D eigenvalue weighted by atomic mass is 16.2. The fourth-order valence-corrected chi connectivity index (χ4v) is 2.25. The van der Waals surface area contributed by atoms with E-state index >= 15 is 0 Å². The van der Waals surface area contributed by atoms with E-state index in [2.05, 4.69) is 0 Å². The first-order valence-electron chi connectivity index (χ1n) is 6.45. The Morgan fingerprint density at radius 3 is 2.33 bits per heavy atom. The van der Waals surface area contributed by atoms with E-state index in [-0.39, 0.29) is 17.7 Å². The topological polar surface area (TPSA) is 37.4 Å². The monoisotopic (exact) mass is 244 g/mol. The molecule has 1 radical (unpaired) electrons. The Morgan fingerprint density at radius 1 is 1.17 bits per heavy atom. The number of rotatable bonds is 4. The molecule has 1 heterocycles. The maximum Gasteiger partial charge on any atom is 0.230 e. The van der Waals surface area contributed by atoms with E-state index in [4.69, 9.17) is 0 Å². The molecule has 1 saturated heterocycles. The zero-order valence-electron chi connectivity index (χ0n) is 10.6. The van der Waals surface area contributed by atoms with Crippen molar-refractivity contribution in [2.45, 2.75) is 38.5 Å². The molecule has 1 aromatic carbocycles. The van der Waals surface area contributed by atoms with Crippen molar-refractivity contribution in [1.82, 2.24) is 4.90 Å². The first kappa shape index (κ1) is 12.8. The summed E-state index contributed by atoms with van der Waals surface area (Å²) < 4.78 is 0. The molecular weight excluding hydrogens is 226 g/mol. The van der Waals surface area contributed by atoms with Crippen molar-refractivity contribution in [3.8, 4) is 0 Å². The molecule has 0 atom stereocenters. The predicted octanol–water partition coefficient (Wildman–Crippen LogP) is 2.88. The molecule has 2 amide bonds. The Kier molecular flexibility index (Phi) is 4.13. The molecule has 0 aliphatic carbocycles. The van der Waals surface area contributed by atoms with E-state index in [0.717, 1.165) is 18.4 Å². The van der Waals surface area contributed by atoms with Crippen LogP contribution in [0.2, 0.25) is 0 Å². The lowest BCUT2D eigenvalue weighted by atomic mass is 9.88. The highest BCUT2D eigenvalue weighted by Crippen LogP contribution is 2.30. The molecule has 0 spiro atoms. The Morgan fingerprint density at radius 2 is 1.78 bits per heavy atom. The number of hydrogen-bond acceptors (Lipinski definition) is 2. The fourth-order valence-electron chi connectivity index (χ4n) is 2.25. The first-order valence-corrected chi connectivity index (χ1v) is 6.45. The number of benzene rings is 1. The van der Waals surface area contributed by atoms with Gasteiger partial charge in [0.05, 0.1) is 6.54 Å². The number of carbonyl (C=O) groups excluding carboxylic acids is 2. The van der Waals surface area contributed by atoms with Crippen molar-refractivity contribution in [2.24, 2.45) is 0 Å². The van der Waals surface area contributed by atoms with E-state index in [1.54, 1.807) is 6.54 Å². The molecule has 0 bridgehead atoms. The van der Waals surface area contributed by atoms with E-state index in [9.17, 15) is 9.59 Å². The molecule has 1 aromatic rings. The SMILES string of the molecule is CCC[CH]N1C(=O)CC(c2ccccc2)CC1=O. The predicted molar refractivity (Wildman–Crippen MR) is 69.5 cm³/mol. The summed E-state index contributed by atoms with van der Waals surface area (Å²) in [5, 5.41) is 0. The molecular formula is C15H18NO2. The van der Waals surface area contributed by atoms with Crippen LogP contribution in [0.3, 0.4) is 0 Å². The van der Waals surface area contributed by atoms with Crippen LogP contribution in [0.1, 0.15) is 44.1 Å². The number of nitrogens with zero attached hydrogens (tertiary/aromatic N) is 1. The second-order valence-electron chi connectivity index (χ2n) is 4.64. The molecule has 0 saturated carbocycles. The van der Waals surface area contributed by atoms with Gasteiger partial charge in [-0.1, -0.05) is 43.7 Å². The van der Waals surface area contributed by atoms with Gasteiger partial charge < -0.3 is 0 Å². The van der Waals surface area contributed by atoms with Crippen molar-refractivity contribution < 1.29 is 9.59 Å². The van der Waals surface area contributed by atoms with Gasteiger partial charge in [-0.15, -0.1) is 0 Å². The van der Waals surface area contributed by atoms with Gasteiger partial charge >= 0.3 is 0 Å². The van der Waals surface area contributed by atoms with Crippen LogP contribution in [0.15, 0.2) is 30.3 Å². The van der Waals surface area contributed by atoms with Gasteiger partial charge in [0, 0.05) is 18.8 Å². The second-order valence-corrected chi connectivity index (χ2v) is 4.64. The van der Waals surface area contributed by atoms with Gasteiger partial charge in [-0.05, 0) is 12.0 Å². The normalized spacial score (nSPS) is 17.3. The van der Waals surface area contributed by atoms with Gasteiger partial charge in [-0.3, -0.25) is 14.5 Å². The van der Waals surface area contributed by atoms with Crippen molar-refractivity contribution in [2.75, 3.05) is 0 Å². The first-order chi connectivity index (χ1) is 8.72. The molecule has 1 aliphatic rings. The van der Waals surface area contributed by atoms with Crippen LogP contribution in [-0.2, 0) is 9.59 Å². The minimum atomic E-state index is -0.0754. The van der Waals surface area contributed by atoms with Gasteiger partial charge in [0.15, 0.2) is 0 Å². The summed E-state index contributed by atoms with van der Waals surface area (Å²) in [7, 11) is 0. The maximum atomic E-state index is 12.0. The highest BCUT2D eigenvalue weighted by molar-refractivity contribution is 5.99. The van der Waals surface area contributed by atoms with Gasteiger partial charge in [0.1, 0.15) is 0 Å². The molecule has 3 heteroatoms. The number of likely N-dealkylation sites (tertiary alicyclic amines) is 1. The minimum absolute atomic E-state index is 0.0393. The van der Waals surface area contributed by atoms with Crippen molar-refractivity contribution in [1.29, 1.82) is 0 Å². The van der Waals surface area contributed by atoms with E-state index < -0.39 is 0 Å². The summed E-state index contributed by atoms with van der Waals surface area (Å²) in [5.41, 5.74) is 1.08. The second kappa shape index (κ2) is 5.80. The third kappa shape index (κ3) is 2.78. The van der Waals surface area contributed by atoms with Crippen molar-refractivity contribution >= 4 is 11.8 Å². The zero-order valence-corrected chi connectivity index (χ0v) is 10.6. The Hall–Kier alpha value is -1.64. The summed E-state index contributed by atoms with van der Waals surface area (Å²) in [6.45, 7) is 3.76. The van der Waals surface area contributed by atoms with E-state index in [1.807, 2.05) is 37.3 Å². The van der Waals surface area contributed by atoms with E-state index in [1.165, 1.54) is 4.90 Å². The lowest BCUT2D eigenvalue weighted by Crippen LogP contribution is -2.40. The zero-order chi connectivity index (χ0) is 13.0. The molecule has 95 valence electrons. The van der Waals surface area contributed by atoms with Crippen LogP contribution < -0.4 is 0 Å². The number of imide groups is 1. The largest absolute Gasteiger partial charge is 0.277 e. The molecule has 2 rings (SSSR count). The Bertz CT molecular complexity index is 409. The quantitative estimate of drug-likeness (QED) is 0.764. The smallest absolute Gasteiger partial charge is 0.230 e. The van der Waals surface area contributed by atoms with Crippen LogP contribution in [0.5, 0.6) is 0 Å².